The van der Waals surface area contributed by atoms with E-state index in [1.807, 2.05) is 0 Å². The first-order valence-corrected chi connectivity index (χ1v) is 15.1. The Hall–Kier alpha value is -4.57. The third-order valence-electron chi connectivity index (χ3n) is 6.77. The molecule has 19 heteroatoms. The zero-order valence-corrected chi connectivity index (χ0v) is 25.0. The van der Waals surface area contributed by atoms with Crippen molar-refractivity contribution in [2.24, 2.45) is 5.11 Å². The van der Waals surface area contributed by atoms with Gasteiger partial charge in [0, 0.05) is 10.3 Å². The van der Waals surface area contributed by atoms with Gasteiger partial charge in [0.2, 0.25) is 11.7 Å². The maximum absolute atomic E-state index is 15.7. The minimum absolute atomic E-state index is 0.0964. The van der Waals surface area contributed by atoms with Gasteiger partial charge in [-0.2, -0.15) is 10.1 Å². The molecule has 4 aromatic rings. The fraction of sp³-hybridized carbons (Fsp3) is 0.385. The monoisotopic (exact) mass is 645 g/mol. The molecule has 1 saturated heterocycles. The SMILES string of the molecule is CC(C)OC(=O)[C@H](C)NP(=O)(OC[C@@]1(N=[N+]=[N-])O[C@@H](n2cnc3c(=O)[nH]c(N)nc32)[C@H](F)[C@@H]1O)Oc1cccc2ccccc12. The van der Waals surface area contributed by atoms with Crippen LogP contribution >= 0.6 is 7.75 Å². The second kappa shape index (κ2) is 12.4. The Morgan fingerprint density at radius 2 is 2.07 bits per heavy atom. The topological polar surface area (TPSA) is 242 Å². The summed E-state index contributed by atoms with van der Waals surface area (Å²) in [6, 6.07) is 10.7. The zero-order chi connectivity index (χ0) is 32.5. The number of hydrogen-bond donors (Lipinski definition) is 4. The predicted molar refractivity (Wildman–Crippen MR) is 157 cm³/mol. The van der Waals surface area contributed by atoms with Gasteiger partial charge in [0.1, 0.15) is 17.9 Å². The quantitative estimate of drug-likeness (QED) is 0.0604. The molecule has 0 bridgehead atoms. The maximum Gasteiger partial charge on any atom is 0.459 e. The summed E-state index contributed by atoms with van der Waals surface area (Å²) in [5, 5.41) is 18.2. The molecule has 0 radical (unpaired) electrons. The van der Waals surface area contributed by atoms with Crippen molar-refractivity contribution in [1.82, 2.24) is 24.6 Å². The van der Waals surface area contributed by atoms with Gasteiger partial charge in [0.05, 0.1) is 19.0 Å². The Labute approximate surface area is 253 Å². The summed E-state index contributed by atoms with van der Waals surface area (Å²) in [6.07, 6.45) is -5.70. The molecule has 1 fully saturated rings. The first kappa shape index (κ1) is 31.8. The van der Waals surface area contributed by atoms with Crippen LogP contribution in [0.15, 0.2) is 58.7 Å². The van der Waals surface area contributed by atoms with Gasteiger partial charge in [0.25, 0.3) is 5.56 Å². The van der Waals surface area contributed by atoms with Crippen LogP contribution in [0.3, 0.4) is 0 Å². The summed E-state index contributed by atoms with van der Waals surface area (Å²) in [7, 11) is -4.64. The van der Waals surface area contributed by atoms with E-state index in [9.17, 15) is 24.8 Å². The van der Waals surface area contributed by atoms with Crippen molar-refractivity contribution in [2.45, 2.75) is 57.1 Å². The highest BCUT2D eigenvalue weighted by molar-refractivity contribution is 7.52. The molecule has 6 atom stereocenters. The van der Waals surface area contributed by atoms with E-state index in [0.29, 0.717) is 5.39 Å². The molecule has 5 N–H and O–H groups in total. The number of rotatable bonds is 11. The summed E-state index contributed by atoms with van der Waals surface area (Å²) >= 11 is 0. The summed E-state index contributed by atoms with van der Waals surface area (Å²) < 4.78 is 53.3. The average Bonchev–Trinajstić information content (AvgIpc) is 3.51. The Balaban J connectivity index is 1.49. The lowest BCUT2D eigenvalue weighted by molar-refractivity contribution is -0.149. The normalized spacial score (nSPS) is 23.5. The standard InChI is InChI=1S/C26H29FN9O8P/c1-13(2)42-24(39)14(3)33-45(40,44-17-10-6-8-15-7-4-5-9-16(15)17)41-11-26(34-35-29)20(37)18(27)23(43-26)36-12-30-19-21(36)31-25(28)32-22(19)38/h4-10,12-14,18,20,23,37H,11H2,1-3H3,(H,33,40)(H3,28,31,32,38)/t14-,18+,20-,23+,26+,45?/m0/s1. The lowest BCUT2D eigenvalue weighted by Gasteiger charge is -2.29. The van der Waals surface area contributed by atoms with Crippen LogP contribution < -0.4 is 20.9 Å². The number of aliphatic hydroxyl groups is 1. The summed E-state index contributed by atoms with van der Waals surface area (Å²) in [5.41, 5.74) is 11.4. The molecule has 3 heterocycles. The van der Waals surface area contributed by atoms with Crippen LogP contribution in [-0.2, 0) is 23.4 Å². The Morgan fingerprint density at radius 3 is 2.80 bits per heavy atom. The zero-order valence-electron chi connectivity index (χ0n) is 24.1. The van der Waals surface area contributed by atoms with E-state index >= 15 is 4.39 Å². The molecule has 2 aromatic carbocycles. The van der Waals surface area contributed by atoms with E-state index in [4.69, 9.17) is 24.3 Å². The van der Waals surface area contributed by atoms with Crippen molar-refractivity contribution in [2.75, 3.05) is 12.3 Å². The van der Waals surface area contributed by atoms with Gasteiger partial charge in [-0.3, -0.25) is 23.7 Å². The smallest absolute Gasteiger partial charge is 0.459 e. The van der Waals surface area contributed by atoms with Crippen molar-refractivity contribution < 1.29 is 37.4 Å². The fourth-order valence-electron chi connectivity index (χ4n) is 4.69. The van der Waals surface area contributed by atoms with Crippen LogP contribution in [0.4, 0.5) is 10.3 Å². The number of fused-ring (bicyclic) bond motifs is 2. The van der Waals surface area contributed by atoms with Gasteiger partial charge in [-0.05, 0) is 37.8 Å². The number of hydrogen-bond acceptors (Lipinski definition) is 12. The van der Waals surface area contributed by atoms with E-state index in [0.717, 1.165) is 16.3 Å². The Kier molecular flexibility index (Phi) is 8.80. The molecule has 1 unspecified atom stereocenters. The number of nitrogens with two attached hydrogens (primary N) is 1. The second-order valence-corrected chi connectivity index (χ2v) is 12.1. The van der Waals surface area contributed by atoms with Crippen LogP contribution in [0.5, 0.6) is 5.75 Å². The molecular formula is C26H29FN9O8P. The molecule has 45 heavy (non-hydrogen) atoms. The number of aromatic amines is 1. The molecule has 17 nitrogen and oxygen atoms in total. The van der Waals surface area contributed by atoms with Crippen LogP contribution in [0, 0.1) is 0 Å². The Bertz CT molecular complexity index is 1890. The number of H-pyrrole nitrogens is 1. The molecule has 1 aliphatic heterocycles. The maximum atomic E-state index is 15.7. The van der Waals surface area contributed by atoms with Crippen LogP contribution in [0.2, 0.25) is 0 Å². The summed E-state index contributed by atoms with van der Waals surface area (Å²) in [5.74, 6) is -0.982. The lowest BCUT2D eigenvalue weighted by atomic mass is 10.1. The molecule has 5 rings (SSSR count). The van der Waals surface area contributed by atoms with Crippen molar-refractivity contribution in [1.29, 1.82) is 0 Å². The van der Waals surface area contributed by atoms with E-state index < -0.39 is 62.3 Å². The van der Waals surface area contributed by atoms with Crippen molar-refractivity contribution in [3.63, 3.8) is 0 Å². The number of nitrogens with zero attached hydrogens (tertiary/aromatic N) is 6. The van der Waals surface area contributed by atoms with Gasteiger partial charge in [-0.1, -0.05) is 41.5 Å². The van der Waals surface area contributed by atoms with Gasteiger partial charge < -0.3 is 24.8 Å². The Morgan fingerprint density at radius 1 is 1.33 bits per heavy atom. The number of carbonyl (C=O) groups excluding carboxylic acids is 1. The highest BCUT2D eigenvalue weighted by atomic mass is 31.2. The van der Waals surface area contributed by atoms with Gasteiger partial charge in [-0.15, -0.1) is 0 Å². The van der Waals surface area contributed by atoms with Gasteiger partial charge >= 0.3 is 13.7 Å². The van der Waals surface area contributed by atoms with E-state index in [1.54, 1.807) is 50.2 Å². The molecule has 1 aliphatic rings. The molecule has 0 spiro atoms. The number of azide groups is 1. The van der Waals surface area contributed by atoms with Crippen molar-refractivity contribution >= 4 is 41.6 Å². The third-order valence-corrected chi connectivity index (χ3v) is 8.38. The third kappa shape index (κ3) is 6.33. The average molecular weight is 646 g/mol. The molecule has 0 aliphatic carbocycles. The van der Waals surface area contributed by atoms with Gasteiger partial charge in [0.15, 0.2) is 23.6 Å². The van der Waals surface area contributed by atoms with Crippen LogP contribution in [-0.4, -0.2) is 67.3 Å². The number of aromatic nitrogens is 4. The number of aliphatic hydroxyl groups excluding tert-OH is 1. The van der Waals surface area contributed by atoms with E-state index in [2.05, 4.69) is 30.1 Å². The number of carbonyl (C=O) groups is 1. The van der Waals surface area contributed by atoms with Crippen LogP contribution in [0.1, 0.15) is 27.0 Å². The number of anilines is 1. The first-order valence-electron chi connectivity index (χ1n) is 13.5. The number of halogens is 1. The highest BCUT2D eigenvalue weighted by Crippen LogP contribution is 2.50. The lowest BCUT2D eigenvalue weighted by Crippen LogP contribution is -2.45. The molecular weight excluding hydrogens is 616 g/mol. The first-order chi connectivity index (χ1) is 21.4. The number of nitrogen functional groups attached to an aromatic ring is 1. The number of nitrogens with one attached hydrogen (secondary N) is 2. The van der Waals surface area contributed by atoms with Gasteiger partial charge in [-0.25, -0.2) is 13.9 Å². The number of benzene rings is 2. The number of imidazole rings is 1. The molecule has 2 aromatic heterocycles. The van der Waals surface area contributed by atoms with E-state index in [-0.39, 0.29) is 22.9 Å². The minimum atomic E-state index is -4.64. The number of ether oxygens (including phenoxy) is 2. The predicted octanol–water partition coefficient (Wildman–Crippen LogP) is 3.22. The number of esters is 1. The molecule has 0 amide bonds. The fourth-order valence-corrected chi connectivity index (χ4v) is 6.22. The highest BCUT2D eigenvalue weighted by Gasteiger charge is 2.57. The summed E-state index contributed by atoms with van der Waals surface area (Å²) in [6.45, 7) is 3.58. The molecule has 0 saturated carbocycles. The molecule has 238 valence electrons. The minimum Gasteiger partial charge on any atom is -0.462 e. The largest absolute Gasteiger partial charge is 0.462 e. The van der Waals surface area contributed by atoms with Crippen molar-refractivity contribution in [3.8, 4) is 5.75 Å². The number of alkyl halides is 1. The van der Waals surface area contributed by atoms with Crippen LogP contribution in [0.25, 0.3) is 32.4 Å². The van der Waals surface area contributed by atoms with E-state index in [1.165, 1.54) is 13.0 Å². The second-order valence-electron chi connectivity index (χ2n) is 10.4. The summed E-state index contributed by atoms with van der Waals surface area (Å²) in [4.78, 5) is 37.6. The van der Waals surface area contributed by atoms with Crippen molar-refractivity contribution in [3.05, 3.63) is 69.6 Å².